The van der Waals surface area contributed by atoms with Gasteiger partial charge in [-0.15, -0.1) is 0 Å². The molecule has 0 unspecified atom stereocenters. The van der Waals surface area contributed by atoms with E-state index in [4.69, 9.17) is 15.7 Å². The normalized spacial score (nSPS) is 10.1. The number of hydrogen-bond acceptors (Lipinski definition) is 3. The highest BCUT2D eigenvalue weighted by Crippen LogP contribution is 2.26. The van der Waals surface area contributed by atoms with Crippen LogP contribution in [-0.2, 0) is 6.61 Å². The van der Waals surface area contributed by atoms with Crippen LogP contribution < -0.4 is 10.5 Å². The van der Waals surface area contributed by atoms with Crippen molar-refractivity contribution >= 4 is 5.69 Å². The molecule has 2 aromatic carbocycles. The topological polar surface area (TPSA) is 59.0 Å². The van der Waals surface area contributed by atoms with Gasteiger partial charge in [0.1, 0.15) is 12.4 Å². The molecule has 3 heteroatoms. The molecular formula is C17H18N2O. The lowest BCUT2D eigenvalue weighted by Crippen LogP contribution is -2.03. The van der Waals surface area contributed by atoms with Gasteiger partial charge >= 0.3 is 0 Å². The largest absolute Gasteiger partial charge is 0.488 e. The summed E-state index contributed by atoms with van der Waals surface area (Å²) in [6.07, 6.45) is 0. The molecule has 0 saturated carbocycles. The Morgan fingerprint density at radius 3 is 2.40 bits per heavy atom. The third-order valence-electron chi connectivity index (χ3n) is 3.45. The summed E-state index contributed by atoms with van der Waals surface area (Å²) < 4.78 is 5.92. The number of aryl methyl sites for hydroxylation is 2. The van der Waals surface area contributed by atoms with E-state index >= 15 is 0 Å². The molecule has 3 nitrogen and oxygen atoms in total. The van der Waals surface area contributed by atoms with Crippen LogP contribution in [-0.4, -0.2) is 0 Å². The fraction of sp³-hybridized carbons (Fsp3) is 0.235. The van der Waals surface area contributed by atoms with Crippen molar-refractivity contribution in [3.05, 3.63) is 58.1 Å². The summed E-state index contributed by atoms with van der Waals surface area (Å²) >= 11 is 0. The number of nitrogen functional groups attached to an aromatic ring is 1. The van der Waals surface area contributed by atoms with E-state index in [1.807, 2.05) is 51.1 Å². The van der Waals surface area contributed by atoms with Crippen molar-refractivity contribution < 1.29 is 4.74 Å². The smallest absolute Gasteiger partial charge is 0.125 e. The summed E-state index contributed by atoms with van der Waals surface area (Å²) in [5.41, 5.74) is 11.4. The van der Waals surface area contributed by atoms with Gasteiger partial charge in [0.2, 0.25) is 0 Å². The lowest BCUT2D eigenvalue weighted by molar-refractivity contribution is 0.301. The zero-order valence-electron chi connectivity index (χ0n) is 12.0. The van der Waals surface area contributed by atoms with E-state index in [1.54, 1.807) is 0 Å². The molecule has 0 radical (unpaired) electrons. The van der Waals surface area contributed by atoms with Crippen molar-refractivity contribution in [3.8, 4) is 11.8 Å². The molecule has 0 amide bonds. The van der Waals surface area contributed by atoms with Gasteiger partial charge in [0.25, 0.3) is 0 Å². The van der Waals surface area contributed by atoms with Crippen LogP contribution in [0.15, 0.2) is 30.3 Å². The van der Waals surface area contributed by atoms with E-state index in [0.717, 1.165) is 33.7 Å². The van der Waals surface area contributed by atoms with Crippen LogP contribution in [0.2, 0.25) is 0 Å². The van der Waals surface area contributed by atoms with Gasteiger partial charge in [-0.1, -0.05) is 12.1 Å². The highest BCUT2D eigenvalue weighted by atomic mass is 16.5. The summed E-state index contributed by atoms with van der Waals surface area (Å²) in [4.78, 5) is 0. The molecule has 0 spiro atoms. The molecule has 0 saturated heterocycles. The molecule has 2 N–H and O–H groups in total. The minimum atomic E-state index is 0.477. The van der Waals surface area contributed by atoms with Gasteiger partial charge in [-0.3, -0.25) is 0 Å². The number of ether oxygens (including phenoxy) is 1. The van der Waals surface area contributed by atoms with Crippen LogP contribution in [0.3, 0.4) is 0 Å². The van der Waals surface area contributed by atoms with Crippen molar-refractivity contribution in [2.45, 2.75) is 27.4 Å². The number of nitriles is 1. The molecule has 0 aliphatic rings. The highest BCUT2D eigenvalue weighted by molar-refractivity contribution is 5.50. The van der Waals surface area contributed by atoms with E-state index < -0.39 is 0 Å². The average Bonchev–Trinajstić information content (AvgIpc) is 2.42. The molecule has 0 atom stereocenters. The second kappa shape index (κ2) is 5.66. The van der Waals surface area contributed by atoms with Gasteiger partial charge in [-0.2, -0.15) is 5.26 Å². The van der Waals surface area contributed by atoms with Crippen LogP contribution in [0.5, 0.6) is 5.75 Å². The van der Waals surface area contributed by atoms with E-state index in [2.05, 4.69) is 6.07 Å². The zero-order valence-corrected chi connectivity index (χ0v) is 12.0. The Morgan fingerprint density at radius 2 is 1.80 bits per heavy atom. The second-order valence-corrected chi connectivity index (χ2v) is 4.97. The maximum atomic E-state index is 8.95. The summed E-state index contributed by atoms with van der Waals surface area (Å²) in [7, 11) is 0. The van der Waals surface area contributed by atoms with Crippen LogP contribution in [0, 0.1) is 32.1 Å². The van der Waals surface area contributed by atoms with Crippen molar-refractivity contribution in [1.82, 2.24) is 0 Å². The Bertz CT molecular complexity index is 661. The van der Waals surface area contributed by atoms with Crippen LogP contribution in [0.25, 0.3) is 0 Å². The molecule has 0 aromatic heterocycles. The van der Waals surface area contributed by atoms with Crippen molar-refractivity contribution in [2.24, 2.45) is 0 Å². The lowest BCUT2D eigenvalue weighted by Gasteiger charge is -2.14. The summed E-state index contributed by atoms with van der Waals surface area (Å²) in [5.74, 6) is 0.839. The van der Waals surface area contributed by atoms with Gasteiger partial charge in [0.05, 0.1) is 11.6 Å². The third-order valence-corrected chi connectivity index (χ3v) is 3.45. The molecule has 102 valence electrons. The van der Waals surface area contributed by atoms with Crippen molar-refractivity contribution in [3.63, 3.8) is 0 Å². The Kier molecular flexibility index (Phi) is 3.95. The first-order chi connectivity index (χ1) is 9.52. The second-order valence-electron chi connectivity index (χ2n) is 4.97. The van der Waals surface area contributed by atoms with Gasteiger partial charge in [-0.25, -0.2) is 0 Å². The van der Waals surface area contributed by atoms with Gasteiger partial charge < -0.3 is 10.5 Å². The van der Waals surface area contributed by atoms with Crippen LogP contribution in [0.1, 0.15) is 27.8 Å². The SMILES string of the molecule is Cc1cc(C#N)cc(C)c1OCc1cccc(N)c1C. The highest BCUT2D eigenvalue weighted by Gasteiger charge is 2.08. The minimum absolute atomic E-state index is 0.477. The Morgan fingerprint density at radius 1 is 1.15 bits per heavy atom. The van der Waals surface area contributed by atoms with E-state index in [9.17, 15) is 0 Å². The first-order valence-electron chi connectivity index (χ1n) is 6.51. The quantitative estimate of drug-likeness (QED) is 0.863. The van der Waals surface area contributed by atoms with Gasteiger partial charge in [0.15, 0.2) is 0 Å². The fourth-order valence-corrected chi connectivity index (χ4v) is 2.25. The molecule has 0 fully saturated rings. The van der Waals surface area contributed by atoms with Gasteiger partial charge in [0, 0.05) is 5.69 Å². The zero-order chi connectivity index (χ0) is 14.7. The number of nitrogens with two attached hydrogens (primary N) is 1. The Balaban J connectivity index is 2.24. The molecule has 0 bridgehead atoms. The van der Waals surface area contributed by atoms with Gasteiger partial charge in [-0.05, 0) is 61.2 Å². The summed E-state index contributed by atoms with van der Waals surface area (Å²) in [6.45, 7) is 6.38. The predicted molar refractivity (Wildman–Crippen MR) is 80.6 cm³/mol. The van der Waals surface area contributed by atoms with Crippen molar-refractivity contribution in [1.29, 1.82) is 5.26 Å². The standard InChI is InChI=1S/C17H18N2O/c1-11-7-14(9-18)8-12(2)17(11)20-10-15-5-4-6-16(19)13(15)3/h4-8H,10,19H2,1-3H3. The molecule has 0 aliphatic heterocycles. The number of rotatable bonds is 3. The number of benzene rings is 2. The fourth-order valence-electron chi connectivity index (χ4n) is 2.25. The molecule has 0 heterocycles. The average molecular weight is 266 g/mol. The summed E-state index contributed by atoms with van der Waals surface area (Å²) in [6, 6.07) is 11.7. The summed E-state index contributed by atoms with van der Waals surface area (Å²) in [5, 5.41) is 8.95. The number of nitrogens with zero attached hydrogens (tertiary/aromatic N) is 1. The van der Waals surface area contributed by atoms with E-state index in [1.165, 1.54) is 0 Å². The Labute approximate surface area is 119 Å². The first-order valence-corrected chi connectivity index (χ1v) is 6.51. The molecule has 0 aliphatic carbocycles. The lowest BCUT2D eigenvalue weighted by atomic mass is 10.1. The molecule has 2 rings (SSSR count). The Hall–Kier alpha value is -2.47. The number of hydrogen-bond donors (Lipinski definition) is 1. The molecular weight excluding hydrogens is 248 g/mol. The van der Waals surface area contributed by atoms with Crippen molar-refractivity contribution in [2.75, 3.05) is 5.73 Å². The number of anilines is 1. The molecule has 20 heavy (non-hydrogen) atoms. The van der Waals surface area contributed by atoms with Crippen LogP contribution in [0.4, 0.5) is 5.69 Å². The maximum absolute atomic E-state index is 8.95. The third kappa shape index (κ3) is 2.75. The minimum Gasteiger partial charge on any atom is -0.488 e. The monoisotopic (exact) mass is 266 g/mol. The first kappa shape index (κ1) is 14.0. The maximum Gasteiger partial charge on any atom is 0.125 e. The molecule has 2 aromatic rings. The van der Waals surface area contributed by atoms with Crippen LogP contribution >= 0.6 is 0 Å². The van der Waals surface area contributed by atoms with E-state index in [0.29, 0.717) is 12.2 Å². The predicted octanol–water partition coefficient (Wildman–Crippen LogP) is 3.64. The van der Waals surface area contributed by atoms with E-state index in [-0.39, 0.29) is 0 Å².